The van der Waals surface area contributed by atoms with E-state index in [0.29, 0.717) is 13.2 Å². The van der Waals surface area contributed by atoms with E-state index < -0.39 is 0 Å². The molecule has 1 rings (SSSR count). The molecule has 0 aromatic heterocycles. The highest BCUT2D eigenvalue weighted by molar-refractivity contribution is 5.45. The van der Waals surface area contributed by atoms with Crippen molar-refractivity contribution in [3.05, 3.63) is 0 Å². The summed E-state index contributed by atoms with van der Waals surface area (Å²) in [7, 11) is 6.68. The van der Waals surface area contributed by atoms with Crippen LogP contribution in [0.15, 0.2) is 0 Å². The summed E-state index contributed by atoms with van der Waals surface area (Å²) < 4.78 is 14.3. The second kappa shape index (κ2) is 16.8. The van der Waals surface area contributed by atoms with Gasteiger partial charge in [0.25, 0.3) is 0 Å². The van der Waals surface area contributed by atoms with E-state index in [9.17, 15) is 4.79 Å². The number of carbonyl (C=O) groups excluding carboxylic acids is 1. The monoisotopic (exact) mass is 235 g/mol. The van der Waals surface area contributed by atoms with Gasteiger partial charge in [-0.2, -0.15) is 0 Å². The van der Waals surface area contributed by atoms with Gasteiger partial charge in [-0.3, -0.25) is 4.79 Å². The van der Waals surface area contributed by atoms with Gasteiger partial charge in [-0.1, -0.05) is 0 Å². The molecule has 0 spiro atoms. The highest BCUT2D eigenvalue weighted by atomic mass is 16.5. The van der Waals surface area contributed by atoms with Crippen molar-refractivity contribution in [2.24, 2.45) is 0 Å². The van der Waals surface area contributed by atoms with Crippen molar-refractivity contribution in [3.8, 4) is 0 Å². The lowest BCUT2D eigenvalue weighted by Gasteiger charge is -1.93. The van der Waals surface area contributed by atoms with E-state index in [4.69, 9.17) is 4.74 Å². The summed E-state index contributed by atoms with van der Waals surface area (Å²) in [6, 6.07) is 0. The molecule has 0 radical (unpaired) electrons. The topological polar surface area (TPSA) is 48.0 Å². The molecule has 5 nitrogen and oxygen atoms in total. The third-order valence-corrected chi connectivity index (χ3v) is 1.53. The van der Waals surface area contributed by atoms with Crippen LogP contribution in [0, 0.1) is 0 Å². The van der Waals surface area contributed by atoms with Gasteiger partial charge in [0.15, 0.2) is 0 Å². The van der Waals surface area contributed by atoms with Crippen molar-refractivity contribution in [2.75, 3.05) is 54.7 Å². The van der Waals surface area contributed by atoms with Crippen molar-refractivity contribution >= 4 is 6.41 Å². The maximum Gasteiger partial charge on any atom is 0.209 e. The minimum Gasteiger partial charge on any atom is -0.382 e. The average Bonchev–Trinajstić information content (AvgIpc) is 2.85. The Labute approximate surface area is 98.7 Å². The smallest absolute Gasteiger partial charge is 0.209 e. The SMILES string of the molecule is C1CCOC1.CN(C)C=O.COCCOC. The highest BCUT2D eigenvalue weighted by Gasteiger charge is 1.94. The zero-order valence-corrected chi connectivity index (χ0v) is 10.9. The molecule has 0 unspecified atom stereocenters. The zero-order valence-electron chi connectivity index (χ0n) is 10.9. The van der Waals surface area contributed by atoms with Crippen molar-refractivity contribution in [3.63, 3.8) is 0 Å². The summed E-state index contributed by atoms with van der Waals surface area (Å²) in [5.74, 6) is 0. The number of methoxy groups -OCH3 is 2. The number of hydrogen-bond acceptors (Lipinski definition) is 4. The lowest BCUT2D eigenvalue weighted by Crippen LogP contribution is -2.06. The van der Waals surface area contributed by atoms with Crippen LogP contribution in [-0.2, 0) is 19.0 Å². The third kappa shape index (κ3) is 23.3. The van der Waals surface area contributed by atoms with E-state index in [1.54, 1.807) is 28.3 Å². The maximum absolute atomic E-state index is 9.43. The van der Waals surface area contributed by atoms with E-state index >= 15 is 0 Å². The number of amides is 1. The summed E-state index contributed by atoms with van der Waals surface area (Å²) >= 11 is 0. The third-order valence-electron chi connectivity index (χ3n) is 1.53. The molecule has 1 aliphatic rings. The summed E-state index contributed by atoms with van der Waals surface area (Å²) in [6.07, 6.45) is 3.31. The van der Waals surface area contributed by atoms with Crippen LogP contribution in [-0.4, -0.2) is 66.1 Å². The molecular weight excluding hydrogens is 210 g/mol. The van der Waals surface area contributed by atoms with Crippen molar-refractivity contribution in [1.29, 1.82) is 0 Å². The molecule has 1 saturated heterocycles. The van der Waals surface area contributed by atoms with Gasteiger partial charge in [-0.05, 0) is 12.8 Å². The Morgan fingerprint density at radius 2 is 1.50 bits per heavy atom. The molecule has 5 heteroatoms. The Morgan fingerprint density at radius 3 is 1.62 bits per heavy atom. The minimum atomic E-state index is 0.691. The molecular formula is C11H25NO4. The van der Waals surface area contributed by atoms with E-state index in [1.807, 2.05) is 0 Å². The fourth-order valence-corrected chi connectivity index (χ4v) is 0.677. The van der Waals surface area contributed by atoms with Crippen molar-refractivity contribution in [2.45, 2.75) is 12.8 Å². The van der Waals surface area contributed by atoms with E-state index in [0.717, 1.165) is 19.6 Å². The molecule has 0 aromatic rings. The summed E-state index contributed by atoms with van der Waals surface area (Å²) in [5, 5.41) is 0. The number of nitrogens with zero attached hydrogens (tertiary/aromatic N) is 1. The van der Waals surface area contributed by atoms with Crippen LogP contribution in [0.5, 0.6) is 0 Å². The minimum absolute atomic E-state index is 0.691. The van der Waals surface area contributed by atoms with Gasteiger partial charge in [0.05, 0.1) is 13.2 Å². The van der Waals surface area contributed by atoms with Crippen LogP contribution in [0.2, 0.25) is 0 Å². The van der Waals surface area contributed by atoms with Crippen LogP contribution in [0.25, 0.3) is 0 Å². The molecule has 0 saturated carbocycles. The zero-order chi connectivity index (χ0) is 12.6. The van der Waals surface area contributed by atoms with E-state index in [1.165, 1.54) is 17.7 Å². The molecule has 1 aliphatic heterocycles. The molecule has 0 aliphatic carbocycles. The fourth-order valence-electron chi connectivity index (χ4n) is 0.677. The number of rotatable bonds is 4. The standard InChI is InChI=1S/C4H10O2.C4H8O.C3H7NO/c1-5-3-4-6-2;1-2-4-5-3-1;1-4(2)3-5/h3-4H2,1-2H3;1-4H2;3H,1-2H3. The van der Waals surface area contributed by atoms with Crippen LogP contribution < -0.4 is 0 Å². The van der Waals surface area contributed by atoms with Crippen LogP contribution in [0.3, 0.4) is 0 Å². The molecule has 0 aromatic carbocycles. The van der Waals surface area contributed by atoms with Gasteiger partial charge in [-0.25, -0.2) is 0 Å². The first-order chi connectivity index (χ1) is 7.68. The quantitative estimate of drug-likeness (QED) is 0.534. The van der Waals surface area contributed by atoms with E-state index in [2.05, 4.69) is 9.47 Å². The second-order valence-electron chi connectivity index (χ2n) is 3.37. The van der Waals surface area contributed by atoms with Crippen molar-refractivity contribution < 1.29 is 19.0 Å². The number of hydrogen-bond donors (Lipinski definition) is 0. The summed E-state index contributed by atoms with van der Waals surface area (Å²) in [4.78, 5) is 10.9. The van der Waals surface area contributed by atoms with Gasteiger partial charge >= 0.3 is 0 Å². The molecule has 0 bridgehead atoms. The van der Waals surface area contributed by atoms with Crippen LogP contribution >= 0.6 is 0 Å². The second-order valence-corrected chi connectivity index (χ2v) is 3.37. The first-order valence-electron chi connectivity index (χ1n) is 5.36. The summed E-state index contributed by atoms with van der Waals surface area (Å²) in [5.41, 5.74) is 0. The molecule has 1 fully saturated rings. The van der Waals surface area contributed by atoms with Gasteiger partial charge in [0, 0.05) is 41.5 Å². The van der Waals surface area contributed by atoms with Crippen molar-refractivity contribution in [1.82, 2.24) is 4.90 Å². The molecule has 16 heavy (non-hydrogen) atoms. The lowest BCUT2D eigenvalue weighted by molar-refractivity contribution is -0.115. The first kappa shape index (κ1) is 17.7. The Hall–Kier alpha value is -0.650. The van der Waals surface area contributed by atoms with Gasteiger partial charge in [-0.15, -0.1) is 0 Å². The molecule has 0 N–H and O–H groups in total. The van der Waals surface area contributed by atoms with Crippen LogP contribution in [0.1, 0.15) is 12.8 Å². The Kier molecular flexibility index (Phi) is 18.6. The lowest BCUT2D eigenvalue weighted by atomic mass is 10.4. The Balaban J connectivity index is 0. The number of carbonyl (C=O) groups is 1. The molecule has 0 atom stereocenters. The highest BCUT2D eigenvalue weighted by Crippen LogP contribution is 1.98. The molecule has 1 heterocycles. The Morgan fingerprint density at radius 1 is 1.12 bits per heavy atom. The van der Waals surface area contributed by atoms with E-state index in [-0.39, 0.29) is 0 Å². The first-order valence-corrected chi connectivity index (χ1v) is 5.36. The molecule has 1 amide bonds. The molecule has 98 valence electrons. The van der Waals surface area contributed by atoms with Gasteiger partial charge in [0.1, 0.15) is 0 Å². The maximum atomic E-state index is 9.43. The average molecular weight is 235 g/mol. The predicted molar refractivity (Wildman–Crippen MR) is 63.6 cm³/mol. The van der Waals surface area contributed by atoms with Gasteiger partial charge in [0.2, 0.25) is 6.41 Å². The Bertz CT molecular complexity index is 116. The normalized spacial score (nSPS) is 13.0. The predicted octanol–water partition coefficient (Wildman–Crippen LogP) is 0.780. The fraction of sp³-hybridized carbons (Fsp3) is 0.909. The summed E-state index contributed by atoms with van der Waals surface area (Å²) in [6.45, 7) is 3.38. The van der Waals surface area contributed by atoms with Crippen LogP contribution in [0.4, 0.5) is 0 Å². The van der Waals surface area contributed by atoms with Gasteiger partial charge < -0.3 is 19.1 Å². The largest absolute Gasteiger partial charge is 0.382 e. The number of ether oxygens (including phenoxy) is 3.